The van der Waals surface area contributed by atoms with E-state index in [1.165, 1.54) is 12.1 Å². The van der Waals surface area contributed by atoms with Crippen LogP contribution in [-0.2, 0) is 9.59 Å². The molecule has 0 fully saturated rings. The topological polar surface area (TPSA) is 140 Å². The Morgan fingerprint density at radius 3 is 2.48 bits per heavy atom. The van der Waals surface area contributed by atoms with Gasteiger partial charge in [-0.2, -0.15) is 5.26 Å². The molecule has 2 amide bonds. The van der Waals surface area contributed by atoms with Crippen molar-refractivity contribution < 1.29 is 24.6 Å². The third-order valence-electron chi connectivity index (χ3n) is 2.55. The van der Waals surface area contributed by atoms with Crippen LogP contribution >= 0.6 is 0 Å². The lowest BCUT2D eigenvalue weighted by atomic mass is 10.1. The first-order chi connectivity index (χ1) is 9.93. The molecule has 0 aliphatic heterocycles. The minimum atomic E-state index is -1.33. The second-order valence-corrected chi connectivity index (χ2v) is 4.08. The molecule has 0 aliphatic rings. The number of amides is 2. The number of carbonyl (C=O) groups excluding carboxylic acids is 1. The summed E-state index contributed by atoms with van der Waals surface area (Å²) in [6, 6.07) is 5.95. The summed E-state index contributed by atoms with van der Waals surface area (Å²) in [6.45, 7) is 0. The summed E-state index contributed by atoms with van der Waals surface area (Å²) in [5.74, 6) is -2.49. The molecule has 0 bridgehead atoms. The van der Waals surface area contributed by atoms with Gasteiger partial charge in [0.15, 0.2) is 0 Å². The molecule has 4 N–H and O–H groups in total. The molecule has 8 nitrogen and oxygen atoms in total. The number of aliphatic carboxylic acids is 2. The Balaban J connectivity index is 2.68. The van der Waals surface area contributed by atoms with E-state index in [2.05, 4.69) is 10.6 Å². The van der Waals surface area contributed by atoms with Crippen molar-refractivity contribution in [2.75, 3.05) is 5.32 Å². The minimum absolute atomic E-state index is 0.227. The van der Waals surface area contributed by atoms with Crippen LogP contribution in [0.4, 0.5) is 10.5 Å². The highest BCUT2D eigenvalue weighted by Crippen LogP contribution is 2.13. The van der Waals surface area contributed by atoms with Crippen LogP contribution in [0, 0.1) is 11.3 Å². The van der Waals surface area contributed by atoms with Crippen LogP contribution in [0.2, 0.25) is 0 Å². The van der Waals surface area contributed by atoms with Crippen LogP contribution in [0.5, 0.6) is 0 Å². The Kier molecular flexibility index (Phi) is 5.70. The zero-order valence-corrected chi connectivity index (χ0v) is 10.9. The molecule has 1 aromatic carbocycles. The Hall–Kier alpha value is -3.08. The van der Waals surface area contributed by atoms with E-state index < -0.39 is 24.0 Å². The first kappa shape index (κ1) is 16.0. The van der Waals surface area contributed by atoms with E-state index >= 15 is 0 Å². The summed E-state index contributed by atoms with van der Waals surface area (Å²) in [4.78, 5) is 33.1. The van der Waals surface area contributed by atoms with Gasteiger partial charge in [0, 0.05) is 6.42 Å². The summed E-state index contributed by atoms with van der Waals surface area (Å²) in [6.07, 6.45) is -0.621. The van der Waals surface area contributed by atoms with Crippen LogP contribution in [0.15, 0.2) is 24.3 Å². The monoisotopic (exact) mass is 291 g/mol. The Bertz CT molecular complexity index is 594. The molecule has 110 valence electrons. The fourth-order valence-corrected chi connectivity index (χ4v) is 1.53. The van der Waals surface area contributed by atoms with E-state index in [0.29, 0.717) is 0 Å². The van der Waals surface area contributed by atoms with Gasteiger partial charge in [-0.25, -0.2) is 9.59 Å². The first-order valence-corrected chi connectivity index (χ1v) is 5.95. The van der Waals surface area contributed by atoms with Gasteiger partial charge >= 0.3 is 18.0 Å². The number of benzene rings is 1. The molecular weight excluding hydrogens is 278 g/mol. The molecule has 1 unspecified atom stereocenters. The van der Waals surface area contributed by atoms with Crippen molar-refractivity contribution in [2.45, 2.75) is 18.9 Å². The lowest BCUT2D eigenvalue weighted by Crippen LogP contribution is -2.43. The summed E-state index contributed by atoms with van der Waals surface area (Å²) in [7, 11) is 0. The van der Waals surface area contributed by atoms with Gasteiger partial charge in [-0.3, -0.25) is 4.79 Å². The summed E-state index contributed by atoms with van der Waals surface area (Å²) in [5, 5.41) is 30.8. The van der Waals surface area contributed by atoms with E-state index in [0.717, 1.165) is 0 Å². The van der Waals surface area contributed by atoms with Gasteiger partial charge in [-0.1, -0.05) is 12.1 Å². The molecule has 1 atom stereocenters. The lowest BCUT2D eigenvalue weighted by Gasteiger charge is -2.14. The van der Waals surface area contributed by atoms with Crippen molar-refractivity contribution in [1.29, 1.82) is 5.26 Å². The maximum atomic E-state index is 11.7. The number of carboxylic acid groups (broad SMARTS) is 2. The fourth-order valence-electron chi connectivity index (χ4n) is 1.53. The average Bonchev–Trinajstić information content (AvgIpc) is 2.43. The standard InChI is InChI=1S/C13H13N3O5/c14-7-8-3-1-2-4-9(8)15-13(21)16-10(12(19)20)5-6-11(17)18/h1-4,10H,5-6H2,(H,17,18)(H,19,20)(H2,15,16,21). The van der Waals surface area contributed by atoms with Gasteiger partial charge in [0.2, 0.25) is 0 Å². The van der Waals surface area contributed by atoms with Crippen LogP contribution in [0.1, 0.15) is 18.4 Å². The van der Waals surface area contributed by atoms with Gasteiger partial charge in [-0.05, 0) is 18.6 Å². The van der Waals surface area contributed by atoms with Crippen LogP contribution in [-0.4, -0.2) is 34.2 Å². The Morgan fingerprint density at radius 2 is 1.90 bits per heavy atom. The number of hydrogen-bond donors (Lipinski definition) is 4. The fraction of sp³-hybridized carbons (Fsp3) is 0.231. The molecule has 0 heterocycles. The highest BCUT2D eigenvalue weighted by atomic mass is 16.4. The van der Waals surface area contributed by atoms with Crippen molar-refractivity contribution in [3.05, 3.63) is 29.8 Å². The molecule has 8 heteroatoms. The second kappa shape index (κ2) is 7.49. The molecule has 1 rings (SSSR count). The predicted molar refractivity (Wildman–Crippen MR) is 71.6 cm³/mol. The minimum Gasteiger partial charge on any atom is -0.481 e. The number of nitriles is 1. The maximum absolute atomic E-state index is 11.7. The zero-order chi connectivity index (χ0) is 15.8. The number of urea groups is 1. The van der Waals surface area contributed by atoms with E-state index in [9.17, 15) is 14.4 Å². The zero-order valence-electron chi connectivity index (χ0n) is 10.9. The highest BCUT2D eigenvalue weighted by molar-refractivity contribution is 5.93. The molecule has 0 aliphatic carbocycles. The van der Waals surface area contributed by atoms with Crippen molar-refractivity contribution in [2.24, 2.45) is 0 Å². The summed E-state index contributed by atoms with van der Waals surface area (Å²) < 4.78 is 0. The van der Waals surface area contributed by atoms with Crippen molar-refractivity contribution in [3.8, 4) is 6.07 Å². The summed E-state index contributed by atoms with van der Waals surface area (Å²) >= 11 is 0. The molecule has 0 aromatic heterocycles. The van der Waals surface area contributed by atoms with Crippen LogP contribution < -0.4 is 10.6 Å². The highest BCUT2D eigenvalue weighted by Gasteiger charge is 2.21. The third kappa shape index (κ3) is 5.20. The van der Waals surface area contributed by atoms with Gasteiger partial charge in [0.05, 0.1) is 11.3 Å². The van der Waals surface area contributed by atoms with E-state index in [1.54, 1.807) is 12.1 Å². The third-order valence-corrected chi connectivity index (χ3v) is 2.55. The van der Waals surface area contributed by atoms with Gasteiger partial charge in [0.25, 0.3) is 0 Å². The van der Waals surface area contributed by atoms with Gasteiger partial charge in [0.1, 0.15) is 12.1 Å². The number of nitrogens with one attached hydrogen (secondary N) is 2. The molecule has 21 heavy (non-hydrogen) atoms. The maximum Gasteiger partial charge on any atom is 0.326 e. The molecule has 0 spiro atoms. The van der Waals surface area contributed by atoms with Crippen LogP contribution in [0.25, 0.3) is 0 Å². The predicted octanol–water partition coefficient (Wildman–Crippen LogP) is 0.998. The van der Waals surface area contributed by atoms with Crippen molar-refractivity contribution in [1.82, 2.24) is 5.32 Å². The SMILES string of the molecule is N#Cc1ccccc1NC(=O)NC(CCC(=O)O)C(=O)O. The molecule has 0 saturated carbocycles. The molecule has 0 radical (unpaired) electrons. The summed E-state index contributed by atoms with van der Waals surface area (Å²) in [5.41, 5.74) is 0.463. The van der Waals surface area contributed by atoms with E-state index in [1.807, 2.05) is 6.07 Å². The smallest absolute Gasteiger partial charge is 0.326 e. The van der Waals surface area contributed by atoms with Crippen molar-refractivity contribution in [3.63, 3.8) is 0 Å². The number of rotatable bonds is 6. The second-order valence-electron chi connectivity index (χ2n) is 4.08. The average molecular weight is 291 g/mol. The number of para-hydroxylation sites is 1. The molecular formula is C13H13N3O5. The quantitative estimate of drug-likeness (QED) is 0.616. The van der Waals surface area contributed by atoms with Gasteiger partial charge in [-0.15, -0.1) is 0 Å². The largest absolute Gasteiger partial charge is 0.481 e. The number of carbonyl (C=O) groups is 3. The Labute approximate surface area is 120 Å². The Morgan fingerprint density at radius 1 is 1.24 bits per heavy atom. The van der Waals surface area contributed by atoms with Crippen molar-refractivity contribution >= 4 is 23.7 Å². The molecule has 0 saturated heterocycles. The van der Waals surface area contributed by atoms with E-state index in [4.69, 9.17) is 15.5 Å². The number of carboxylic acids is 2. The van der Waals surface area contributed by atoms with Gasteiger partial charge < -0.3 is 20.8 Å². The van der Waals surface area contributed by atoms with Crippen LogP contribution in [0.3, 0.4) is 0 Å². The normalized spacial score (nSPS) is 11.0. The van der Waals surface area contributed by atoms with E-state index in [-0.39, 0.29) is 24.1 Å². The molecule has 1 aromatic rings. The lowest BCUT2D eigenvalue weighted by molar-refractivity contribution is -0.140. The number of nitrogens with zero attached hydrogens (tertiary/aromatic N) is 1. The number of hydrogen-bond acceptors (Lipinski definition) is 4. The first-order valence-electron chi connectivity index (χ1n) is 5.95. The number of anilines is 1.